The van der Waals surface area contributed by atoms with Crippen molar-refractivity contribution in [2.24, 2.45) is 5.92 Å². The molecule has 0 spiro atoms. The highest BCUT2D eigenvalue weighted by Gasteiger charge is 2.25. The van der Waals surface area contributed by atoms with E-state index in [1.807, 2.05) is 0 Å². The second-order valence-electron chi connectivity index (χ2n) is 6.09. The van der Waals surface area contributed by atoms with Gasteiger partial charge < -0.3 is 10.2 Å². The predicted molar refractivity (Wildman–Crippen MR) is 90.2 cm³/mol. The summed E-state index contributed by atoms with van der Waals surface area (Å²) in [5.74, 6) is 1.28. The number of halogens is 1. The van der Waals surface area contributed by atoms with E-state index in [9.17, 15) is 4.79 Å². The van der Waals surface area contributed by atoms with Crippen LogP contribution in [0.15, 0.2) is 17.5 Å². The van der Waals surface area contributed by atoms with Gasteiger partial charge in [-0.2, -0.15) is 0 Å². The van der Waals surface area contributed by atoms with Gasteiger partial charge in [0.2, 0.25) is 5.91 Å². The molecule has 3 nitrogen and oxygen atoms in total. The maximum Gasteiger partial charge on any atom is 0.222 e. The molecule has 1 saturated carbocycles. The van der Waals surface area contributed by atoms with Crippen molar-refractivity contribution >= 4 is 29.7 Å². The van der Waals surface area contributed by atoms with Gasteiger partial charge in [0.15, 0.2) is 0 Å². The van der Waals surface area contributed by atoms with Gasteiger partial charge in [-0.05, 0) is 56.0 Å². The highest BCUT2D eigenvalue weighted by Crippen LogP contribution is 2.28. The SMILES string of the molecule is Cl.O=C(CCc1cccs1)N1CCC(NCC2CC2)CC1. The zero-order valence-corrected chi connectivity index (χ0v) is 14.1. The van der Waals surface area contributed by atoms with Crippen LogP contribution in [-0.2, 0) is 11.2 Å². The fourth-order valence-electron chi connectivity index (χ4n) is 2.83. The third-order valence-electron chi connectivity index (χ3n) is 4.41. The number of thiophene rings is 1. The molecule has 0 bridgehead atoms. The lowest BCUT2D eigenvalue weighted by atomic mass is 10.0. The Morgan fingerprint density at radius 2 is 2.05 bits per heavy atom. The maximum atomic E-state index is 12.2. The lowest BCUT2D eigenvalue weighted by Gasteiger charge is -2.32. The minimum atomic E-state index is 0. The van der Waals surface area contributed by atoms with Gasteiger partial charge in [-0.15, -0.1) is 23.7 Å². The molecule has 0 aromatic carbocycles. The largest absolute Gasteiger partial charge is 0.343 e. The maximum absolute atomic E-state index is 12.2. The summed E-state index contributed by atoms with van der Waals surface area (Å²) < 4.78 is 0. The van der Waals surface area contributed by atoms with Crippen LogP contribution < -0.4 is 5.32 Å². The molecule has 0 radical (unpaired) electrons. The number of hydrogen-bond acceptors (Lipinski definition) is 3. The van der Waals surface area contributed by atoms with Gasteiger partial charge in [-0.3, -0.25) is 4.79 Å². The lowest BCUT2D eigenvalue weighted by Crippen LogP contribution is -2.45. The van der Waals surface area contributed by atoms with E-state index >= 15 is 0 Å². The average molecular weight is 329 g/mol. The number of aryl methyl sites for hydroxylation is 1. The van der Waals surface area contributed by atoms with E-state index in [0.29, 0.717) is 18.4 Å². The quantitative estimate of drug-likeness (QED) is 0.870. The van der Waals surface area contributed by atoms with Crippen molar-refractivity contribution in [2.45, 2.75) is 44.6 Å². The van der Waals surface area contributed by atoms with Crippen LogP contribution >= 0.6 is 23.7 Å². The van der Waals surface area contributed by atoms with Crippen molar-refractivity contribution in [3.05, 3.63) is 22.4 Å². The van der Waals surface area contributed by atoms with E-state index in [0.717, 1.165) is 38.3 Å². The number of carbonyl (C=O) groups excluding carboxylic acids is 1. The summed E-state index contributed by atoms with van der Waals surface area (Å²) in [7, 11) is 0. The standard InChI is InChI=1S/C16H24N2OS.ClH/c19-16(6-5-15-2-1-11-20-15)18-9-7-14(8-10-18)17-12-13-3-4-13;/h1-2,11,13-14,17H,3-10,12H2;1H. The summed E-state index contributed by atoms with van der Waals surface area (Å²) in [4.78, 5) is 15.6. The number of carbonyl (C=O) groups is 1. The molecule has 1 saturated heterocycles. The molecule has 1 aliphatic heterocycles. The van der Waals surface area contributed by atoms with Gasteiger partial charge >= 0.3 is 0 Å². The highest BCUT2D eigenvalue weighted by molar-refractivity contribution is 7.09. The summed E-state index contributed by atoms with van der Waals surface area (Å²) in [5, 5.41) is 5.74. The minimum Gasteiger partial charge on any atom is -0.343 e. The van der Waals surface area contributed by atoms with E-state index in [-0.39, 0.29) is 12.4 Å². The Kier molecular flexibility index (Phi) is 6.52. The molecule has 1 aliphatic carbocycles. The van der Waals surface area contributed by atoms with Crippen LogP contribution in [0.4, 0.5) is 0 Å². The van der Waals surface area contributed by atoms with E-state index < -0.39 is 0 Å². The topological polar surface area (TPSA) is 32.3 Å². The van der Waals surface area contributed by atoms with Crippen LogP contribution in [0.25, 0.3) is 0 Å². The third-order valence-corrected chi connectivity index (χ3v) is 5.34. The van der Waals surface area contributed by atoms with Crippen LogP contribution in [0.2, 0.25) is 0 Å². The van der Waals surface area contributed by atoms with Gasteiger partial charge in [0, 0.05) is 30.4 Å². The molecule has 1 N–H and O–H groups in total. The molecule has 3 rings (SSSR count). The van der Waals surface area contributed by atoms with E-state index in [4.69, 9.17) is 0 Å². The summed E-state index contributed by atoms with van der Waals surface area (Å²) in [6, 6.07) is 4.81. The van der Waals surface area contributed by atoms with Crippen LogP contribution in [-0.4, -0.2) is 36.5 Å². The number of piperidine rings is 1. The normalized spacial score (nSPS) is 19.3. The molecule has 1 amide bonds. The first-order valence-corrected chi connectivity index (χ1v) is 8.73. The number of amides is 1. The van der Waals surface area contributed by atoms with Crippen LogP contribution in [0.5, 0.6) is 0 Å². The van der Waals surface area contributed by atoms with E-state index in [1.165, 1.54) is 24.3 Å². The first-order chi connectivity index (χ1) is 9.81. The zero-order valence-electron chi connectivity index (χ0n) is 12.4. The Morgan fingerprint density at radius 3 is 2.67 bits per heavy atom. The molecule has 1 aromatic rings. The van der Waals surface area contributed by atoms with Gasteiger partial charge in [0.25, 0.3) is 0 Å². The van der Waals surface area contributed by atoms with Gasteiger partial charge in [0.05, 0.1) is 0 Å². The lowest BCUT2D eigenvalue weighted by molar-refractivity contribution is -0.132. The summed E-state index contributed by atoms with van der Waals surface area (Å²) in [6.45, 7) is 3.06. The van der Waals surface area contributed by atoms with Crippen molar-refractivity contribution < 1.29 is 4.79 Å². The number of nitrogens with one attached hydrogen (secondary N) is 1. The predicted octanol–water partition coefficient (Wildman–Crippen LogP) is 3.09. The van der Waals surface area contributed by atoms with Crippen molar-refractivity contribution in [2.75, 3.05) is 19.6 Å². The monoisotopic (exact) mass is 328 g/mol. The Labute approximate surface area is 137 Å². The van der Waals surface area contributed by atoms with Crippen molar-refractivity contribution in [3.63, 3.8) is 0 Å². The molecule has 0 unspecified atom stereocenters. The molecule has 2 aliphatic rings. The first-order valence-electron chi connectivity index (χ1n) is 7.85. The second-order valence-corrected chi connectivity index (χ2v) is 7.12. The molecular formula is C16H25ClN2OS. The van der Waals surface area contributed by atoms with E-state index in [1.54, 1.807) is 11.3 Å². The number of likely N-dealkylation sites (tertiary alicyclic amines) is 1. The van der Waals surface area contributed by atoms with Crippen molar-refractivity contribution in [1.29, 1.82) is 0 Å². The summed E-state index contributed by atoms with van der Waals surface area (Å²) in [6.07, 6.45) is 6.63. The minimum absolute atomic E-state index is 0. The first kappa shape index (κ1) is 16.8. The molecule has 2 heterocycles. The average Bonchev–Trinajstić information content (AvgIpc) is 3.17. The molecular weight excluding hydrogens is 304 g/mol. The highest BCUT2D eigenvalue weighted by atomic mass is 35.5. The number of nitrogens with zero attached hydrogens (tertiary/aromatic N) is 1. The molecule has 5 heteroatoms. The Morgan fingerprint density at radius 1 is 1.29 bits per heavy atom. The second kappa shape index (κ2) is 8.16. The van der Waals surface area contributed by atoms with Crippen molar-refractivity contribution in [1.82, 2.24) is 10.2 Å². The molecule has 2 fully saturated rings. The third kappa shape index (κ3) is 5.28. The molecule has 0 atom stereocenters. The molecule has 21 heavy (non-hydrogen) atoms. The molecule has 118 valence electrons. The Balaban J connectivity index is 0.00000161. The molecule has 1 aromatic heterocycles. The van der Waals surface area contributed by atoms with Gasteiger partial charge in [-0.1, -0.05) is 6.07 Å². The fraction of sp³-hybridized carbons (Fsp3) is 0.688. The van der Waals surface area contributed by atoms with E-state index in [2.05, 4.69) is 27.7 Å². The van der Waals surface area contributed by atoms with Crippen LogP contribution in [0.3, 0.4) is 0 Å². The summed E-state index contributed by atoms with van der Waals surface area (Å²) >= 11 is 1.75. The number of hydrogen-bond donors (Lipinski definition) is 1. The zero-order chi connectivity index (χ0) is 13.8. The van der Waals surface area contributed by atoms with Crippen LogP contribution in [0.1, 0.15) is 37.0 Å². The smallest absolute Gasteiger partial charge is 0.222 e. The Hall–Kier alpha value is -0.580. The van der Waals surface area contributed by atoms with Crippen molar-refractivity contribution in [3.8, 4) is 0 Å². The Bertz CT molecular complexity index is 425. The summed E-state index contributed by atoms with van der Waals surface area (Å²) in [5.41, 5.74) is 0. The van der Waals surface area contributed by atoms with Crippen LogP contribution in [0, 0.1) is 5.92 Å². The van der Waals surface area contributed by atoms with Gasteiger partial charge in [0.1, 0.15) is 0 Å². The fourth-order valence-corrected chi connectivity index (χ4v) is 3.54. The van der Waals surface area contributed by atoms with Gasteiger partial charge in [-0.25, -0.2) is 0 Å². The number of rotatable bonds is 6.